The first kappa shape index (κ1) is 22.3. The number of likely N-dealkylation sites (tertiary alicyclic amines) is 2. The molecule has 7 nitrogen and oxygen atoms in total. The first-order valence-corrected chi connectivity index (χ1v) is 13.3. The Morgan fingerprint density at radius 1 is 0.968 bits per heavy atom. The number of amides is 2. The molecule has 3 atom stereocenters. The van der Waals surface area contributed by atoms with E-state index in [1.54, 1.807) is 4.90 Å². The van der Waals surface area contributed by atoms with Crippen molar-refractivity contribution in [2.24, 2.45) is 5.92 Å². The summed E-state index contributed by atoms with van der Waals surface area (Å²) < 4.78 is 24.7. The predicted molar refractivity (Wildman–Crippen MR) is 119 cm³/mol. The Balaban J connectivity index is 1.36. The summed E-state index contributed by atoms with van der Waals surface area (Å²) in [7, 11) is -3.15. The maximum Gasteiger partial charge on any atom is 0.227 e. The number of nitrogens with one attached hydrogen (secondary N) is 1. The van der Waals surface area contributed by atoms with E-state index in [2.05, 4.69) is 10.2 Å². The lowest BCUT2D eigenvalue weighted by atomic mass is 9.95. The molecule has 1 aromatic rings. The van der Waals surface area contributed by atoms with Crippen molar-refractivity contribution in [3.63, 3.8) is 0 Å². The second-order valence-corrected chi connectivity index (χ2v) is 11.4. The maximum atomic E-state index is 13.1. The van der Waals surface area contributed by atoms with Crippen LogP contribution in [0.2, 0.25) is 0 Å². The molecule has 3 aliphatic heterocycles. The van der Waals surface area contributed by atoms with Gasteiger partial charge in [0.25, 0.3) is 0 Å². The fraction of sp³-hybridized carbons (Fsp3) is 0.652. The summed E-state index contributed by atoms with van der Waals surface area (Å²) in [6, 6.07) is 9.16. The van der Waals surface area contributed by atoms with Crippen LogP contribution in [0.5, 0.6) is 0 Å². The molecule has 3 aliphatic rings. The minimum absolute atomic E-state index is 0.0171. The Labute approximate surface area is 185 Å². The van der Waals surface area contributed by atoms with Gasteiger partial charge in [0.15, 0.2) is 9.84 Å². The smallest absolute Gasteiger partial charge is 0.227 e. The molecule has 2 amide bonds. The topological polar surface area (TPSA) is 86.8 Å². The van der Waals surface area contributed by atoms with Gasteiger partial charge in [0.2, 0.25) is 11.8 Å². The predicted octanol–water partition coefficient (Wildman–Crippen LogP) is 1.24. The van der Waals surface area contributed by atoms with Crippen LogP contribution in [0, 0.1) is 5.92 Å². The summed E-state index contributed by atoms with van der Waals surface area (Å²) in [6.07, 6.45) is 5.21. The van der Waals surface area contributed by atoms with Crippen molar-refractivity contribution in [3.8, 4) is 0 Å². The molecule has 3 fully saturated rings. The van der Waals surface area contributed by atoms with E-state index in [0.717, 1.165) is 44.3 Å². The lowest BCUT2D eigenvalue weighted by molar-refractivity contribution is -0.135. The van der Waals surface area contributed by atoms with Crippen LogP contribution in [0.1, 0.15) is 37.7 Å². The Morgan fingerprint density at radius 2 is 1.71 bits per heavy atom. The molecule has 8 heteroatoms. The van der Waals surface area contributed by atoms with Gasteiger partial charge < -0.3 is 10.2 Å². The fourth-order valence-electron chi connectivity index (χ4n) is 5.18. The molecule has 3 saturated heterocycles. The lowest BCUT2D eigenvalue weighted by Gasteiger charge is -2.36. The van der Waals surface area contributed by atoms with Gasteiger partial charge in [0, 0.05) is 19.1 Å². The highest BCUT2D eigenvalue weighted by Crippen LogP contribution is 2.24. The van der Waals surface area contributed by atoms with Crippen LogP contribution in [0.3, 0.4) is 0 Å². The molecule has 170 valence electrons. The largest absolute Gasteiger partial charge is 0.350 e. The van der Waals surface area contributed by atoms with Crippen LogP contribution in [0.15, 0.2) is 30.3 Å². The van der Waals surface area contributed by atoms with Crippen LogP contribution in [-0.4, -0.2) is 79.8 Å². The molecule has 1 N–H and O–H groups in total. The normalized spacial score (nSPS) is 28.9. The molecule has 0 saturated carbocycles. The summed E-state index contributed by atoms with van der Waals surface area (Å²) in [6.45, 7) is 2.88. The highest BCUT2D eigenvalue weighted by Gasteiger charge is 2.42. The molecule has 0 spiro atoms. The van der Waals surface area contributed by atoms with Crippen molar-refractivity contribution in [3.05, 3.63) is 35.9 Å². The number of rotatable bonds is 5. The van der Waals surface area contributed by atoms with Gasteiger partial charge in [-0.1, -0.05) is 36.8 Å². The van der Waals surface area contributed by atoms with Crippen molar-refractivity contribution >= 4 is 21.7 Å². The van der Waals surface area contributed by atoms with Gasteiger partial charge >= 0.3 is 0 Å². The van der Waals surface area contributed by atoms with E-state index in [0.29, 0.717) is 19.5 Å². The van der Waals surface area contributed by atoms with E-state index in [-0.39, 0.29) is 41.3 Å². The molecular weight excluding hydrogens is 414 g/mol. The minimum atomic E-state index is -3.15. The lowest BCUT2D eigenvalue weighted by Crippen LogP contribution is -2.55. The van der Waals surface area contributed by atoms with Crippen molar-refractivity contribution in [1.29, 1.82) is 0 Å². The summed E-state index contributed by atoms with van der Waals surface area (Å²) >= 11 is 0. The third kappa shape index (κ3) is 5.66. The summed E-state index contributed by atoms with van der Waals surface area (Å²) in [5.74, 6) is -0.202. The SMILES string of the molecule is O=C(N[C@@H]1CS(=O)(=O)C[C@@H]1N1CCCCC1)[C@@H]1CCCN(C(=O)Cc2ccccc2)C1. The average molecular weight is 448 g/mol. The van der Waals surface area contributed by atoms with Crippen LogP contribution < -0.4 is 5.32 Å². The van der Waals surface area contributed by atoms with E-state index < -0.39 is 9.84 Å². The number of nitrogens with zero attached hydrogens (tertiary/aromatic N) is 2. The summed E-state index contributed by atoms with van der Waals surface area (Å²) in [5.41, 5.74) is 0.972. The van der Waals surface area contributed by atoms with Gasteiger partial charge in [0.05, 0.1) is 29.9 Å². The van der Waals surface area contributed by atoms with Gasteiger partial charge in [-0.15, -0.1) is 0 Å². The zero-order valence-electron chi connectivity index (χ0n) is 18.0. The first-order valence-electron chi connectivity index (χ1n) is 11.5. The summed E-state index contributed by atoms with van der Waals surface area (Å²) in [5, 5.41) is 3.06. The van der Waals surface area contributed by atoms with Crippen LogP contribution in [0.25, 0.3) is 0 Å². The Morgan fingerprint density at radius 3 is 2.45 bits per heavy atom. The van der Waals surface area contributed by atoms with Crippen LogP contribution >= 0.6 is 0 Å². The molecular formula is C23H33N3O4S. The standard InChI is InChI=1S/C23H33N3O4S/c27-22(14-18-8-3-1-4-9-18)26-13-7-10-19(15-26)23(28)24-20-16-31(29,30)17-21(20)25-11-5-2-6-12-25/h1,3-4,8-9,19-21H,2,5-7,10-17H2,(H,24,28)/t19-,20-,21+/m1/s1. The van der Waals surface area contributed by atoms with E-state index in [9.17, 15) is 18.0 Å². The van der Waals surface area contributed by atoms with Crippen molar-refractivity contribution in [2.75, 3.05) is 37.7 Å². The number of carbonyl (C=O) groups excluding carboxylic acids is 2. The van der Waals surface area contributed by atoms with Gasteiger partial charge in [-0.25, -0.2) is 8.42 Å². The molecule has 0 aliphatic carbocycles. The molecule has 0 aromatic heterocycles. The van der Waals surface area contributed by atoms with Crippen molar-refractivity contribution in [1.82, 2.24) is 15.1 Å². The average Bonchev–Trinajstić information content (AvgIpc) is 3.09. The quantitative estimate of drug-likeness (QED) is 0.734. The van der Waals surface area contributed by atoms with Crippen molar-refractivity contribution < 1.29 is 18.0 Å². The number of hydrogen-bond acceptors (Lipinski definition) is 5. The zero-order valence-corrected chi connectivity index (χ0v) is 18.9. The molecule has 3 heterocycles. The van der Waals surface area contributed by atoms with E-state index in [1.807, 2.05) is 30.3 Å². The number of carbonyl (C=O) groups is 2. The zero-order chi connectivity index (χ0) is 21.8. The second-order valence-electron chi connectivity index (χ2n) is 9.20. The van der Waals surface area contributed by atoms with Crippen molar-refractivity contribution in [2.45, 2.75) is 50.6 Å². The maximum absolute atomic E-state index is 13.1. The molecule has 1 aromatic carbocycles. The molecule has 0 radical (unpaired) electrons. The Kier molecular flexibility index (Phi) is 6.96. The third-order valence-electron chi connectivity index (χ3n) is 6.85. The summed E-state index contributed by atoms with van der Waals surface area (Å²) in [4.78, 5) is 29.8. The van der Waals surface area contributed by atoms with Gasteiger partial charge in [-0.3, -0.25) is 14.5 Å². The number of sulfone groups is 1. The second kappa shape index (κ2) is 9.69. The first-order chi connectivity index (χ1) is 14.9. The highest BCUT2D eigenvalue weighted by molar-refractivity contribution is 7.91. The van der Waals surface area contributed by atoms with Gasteiger partial charge in [0.1, 0.15) is 0 Å². The van der Waals surface area contributed by atoms with E-state index in [1.165, 1.54) is 6.42 Å². The van der Waals surface area contributed by atoms with Gasteiger partial charge in [-0.2, -0.15) is 0 Å². The van der Waals surface area contributed by atoms with Crippen LogP contribution in [-0.2, 0) is 25.8 Å². The number of benzene rings is 1. The van der Waals surface area contributed by atoms with Crippen LogP contribution in [0.4, 0.5) is 0 Å². The van der Waals surface area contributed by atoms with E-state index >= 15 is 0 Å². The van der Waals surface area contributed by atoms with E-state index in [4.69, 9.17) is 0 Å². The van der Waals surface area contributed by atoms with Gasteiger partial charge in [-0.05, 0) is 44.3 Å². The Bertz CT molecular complexity index is 883. The number of hydrogen-bond donors (Lipinski definition) is 1. The fourth-order valence-corrected chi connectivity index (χ4v) is 7.13. The monoisotopic (exact) mass is 447 g/mol. The number of piperidine rings is 2. The Hall–Kier alpha value is -1.93. The molecule has 4 rings (SSSR count). The minimum Gasteiger partial charge on any atom is -0.350 e. The molecule has 0 unspecified atom stereocenters. The molecule has 31 heavy (non-hydrogen) atoms. The molecule has 0 bridgehead atoms. The highest BCUT2D eigenvalue weighted by atomic mass is 32.2. The third-order valence-corrected chi connectivity index (χ3v) is 8.57.